The van der Waals surface area contributed by atoms with Gasteiger partial charge in [-0.2, -0.15) is 13.2 Å². The van der Waals surface area contributed by atoms with Crippen molar-refractivity contribution >= 4 is 16.5 Å². The van der Waals surface area contributed by atoms with E-state index in [9.17, 15) is 13.2 Å². The van der Waals surface area contributed by atoms with E-state index in [1.807, 2.05) is 6.92 Å². The molecule has 7 heteroatoms. The number of nitrogens with one attached hydrogen (secondary N) is 1. The summed E-state index contributed by atoms with van der Waals surface area (Å²) in [6, 6.07) is 0. The fraction of sp³-hybridized carbons (Fsp3) is 0.769. The summed E-state index contributed by atoms with van der Waals surface area (Å²) in [5, 5.41) is 3.74. The largest absolute Gasteiger partial charge is 0.405 e. The van der Waals surface area contributed by atoms with Crippen molar-refractivity contribution < 1.29 is 13.2 Å². The van der Waals surface area contributed by atoms with Gasteiger partial charge in [-0.3, -0.25) is 0 Å². The molecule has 0 unspecified atom stereocenters. The normalized spacial score (nSPS) is 12.2. The molecule has 3 nitrogen and oxygen atoms in total. The molecule has 0 fully saturated rings. The zero-order valence-corrected chi connectivity index (χ0v) is 13.2. The number of aromatic nitrogens is 1. The van der Waals surface area contributed by atoms with Crippen LogP contribution in [0.1, 0.15) is 31.3 Å². The Labute approximate surface area is 122 Å². The van der Waals surface area contributed by atoms with Crippen LogP contribution in [0.4, 0.5) is 18.3 Å². The number of anilines is 1. The summed E-state index contributed by atoms with van der Waals surface area (Å²) in [4.78, 5) is 6.50. The van der Waals surface area contributed by atoms with Crippen LogP contribution in [-0.4, -0.2) is 31.3 Å². The van der Waals surface area contributed by atoms with E-state index in [-0.39, 0.29) is 0 Å². The topological polar surface area (TPSA) is 28.2 Å². The number of thiazole rings is 1. The molecule has 1 aromatic rings. The van der Waals surface area contributed by atoms with E-state index in [1.54, 1.807) is 0 Å². The predicted molar refractivity (Wildman–Crippen MR) is 77.4 cm³/mol. The number of aryl methyl sites for hydroxylation is 1. The van der Waals surface area contributed by atoms with Gasteiger partial charge in [-0.15, -0.1) is 11.3 Å². The second kappa shape index (κ2) is 7.26. The molecule has 0 radical (unpaired) electrons. The van der Waals surface area contributed by atoms with Crippen molar-refractivity contribution in [3.63, 3.8) is 0 Å². The summed E-state index contributed by atoms with van der Waals surface area (Å²) < 4.78 is 37.2. The molecule has 0 bridgehead atoms. The second-order valence-corrected chi connectivity index (χ2v) is 6.28. The first-order valence-electron chi connectivity index (χ1n) is 6.70. The molecule has 0 aliphatic heterocycles. The quantitative estimate of drug-likeness (QED) is 0.836. The van der Waals surface area contributed by atoms with Gasteiger partial charge in [-0.05, 0) is 18.9 Å². The van der Waals surface area contributed by atoms with Crippen LogP contribution in [-0.2, 0) is 13.0 Å². The first-order valence-corrected chi connectivity index (χ1v) is 7.51. The summed E-state index contributed by atoms with van der Waals surface area (Å²) in [5.74, 6) is 0.542. The van der Waals surface area contributed by atoms with Crippen LogP contribution in [0.5, 0.6) is 0 Å². The van der Waals surface area contributed by atoms with Crippen molar-refractivity contribution in [1.29, 1.82) is 0 Å². The van der Waals surface area contributed by atoms with Gasteiger partial charge in [0.2, 0.25) is 0 Å². The summed E-state index contributed by atoms with van der Waals surface area (Å²) in [6.07, 6.45) is -3.47. The smallest absolute Gasteiger partial charge is 0.342 e. The molecule has 0 saturated heterocycles. The SMILES string of the molecule is CCc1nc(N(C)CC(F)(F)F)sc1CNCC(C)C. The minimum absolute atomic E-state index is 0.431. The third-order valence-corrected chi connectivity index (χ3v) is 3.89. The Morgan fingerprint density at radius 3 is 2.50 bits per heavy atom. The molecule has 0 saturated carbocycles. The minimum Gasteiger partial charge on any atom is -0.342 e. The van der Waals surface area contributed by atoms with E-state index in [0.717, 1.165) is 28.4 Å². The highest BCUT2D eigenvalue weighted by Gasteiger charge is 2.30. The van der Waals surface area contributed by atoms with Gasteiger partial charge in [0.15, 0.2) is 5.13 Å². The molecular formula is C13H22F3N3S. The van der Waals surface area contributed by atoms with Crippen molar-refractivity contribution in [1.82, 2.24) is 10.3 Å². The van der Waals surface area contributed by atoms with E-state index >= 15 is 0 Å². The monoisotopic (exact) mass is 309 g/mol. The zero-order chi connectivity index (χ0) is 15.3. The summed E-state index contributed by atoms with van der Waals surface area (Å²) in [7, 11) is 1.43. The Balaban J connectivity index is 2.72. The lowest BCUT2D eigenvalue weighted by atomic mass is 10.2. The van der Waals surface area contributed by atoms with Gasteiger partial charge < -0.3 is 10.2 Å². The lowest BCUT2D eigenvalue weighted by Crippen LogP contribution is -2.30. The standard InChI is InChI=1S/C13H22F3N3S/c1-5-10-11(7-17-6-9(2)3)20-12(18-10)19(4)8-13(14,15)16/h9,17H,5-8H2,1-4H3. The van der Waals surface area contributed by atoms with Gasteiger partial charge >= 0.3 is 6.18 Å². The third kappa shape index (κ3) is 5.66. The molecule has 1 N–H and O–H groups in total. The zero-order valence-electron chi connectivity index (χ0n) is 12.3. The first-order chi connectivity index (χ1) is 9.23. The maximum Gasteiger partial charge on any atom is 0.405 e. The van der Waals surface area contributed by atoms with E-state index in [2.05, 4.69) is 24.1 Å². The Hall–Kier alpha value is -0.820. The average molecular weight is 309 g/mol. The molecule has 1 heterocycles. The molecule has 20 heavy (non-hydrogen) atoms. The van der Waals surface area contributed by atoms with Crippen LogP contribution in [0.15, 0.2) is 0 Å². The second-order valence-electron chi connectivity index (χ2n) is 5.22. The lowest BCUT2D eigenvalue weighted by Gasteiger charge is -2.17. The van der Waals surface area contributed by atoms with Crippen LogP contribution < -0.4 is 10.2 Å². The number of nitrogens with zero attached hydrogens (tertiary/aromatic N) is 2. The highest BCUT2D eigenvalue weighted by atomic mass is 32.1. The summed E-state index contributed by atoms with van der Waals surface area (Å²) >= 11 is 1.34. The van der Waals surface area contributed by atoms with Crippen molar-refractivity contribution in [2.45, 2.75) is 39.9 Å². The molecule has 0 amide bonds. The highest BCUT2D eigenvalue weighted by Crippen LogP contribution is 2.28. The highest BCUT2D eigenvalue weighted by molar-refractivity contribution is 7.15. The Morgan fingerprint density at radius 2 is 2.00 bits per heavy atom. The minimum atomic E-state index is -4.21. The number of alkyl halides is 3. The van der Waals surface area contributed by atoms with Gasteiger partial charge in [0.05, 0.1) is 5.69 Å². The van der Waals surface area contributed by atoms with Gasteiger partial charge in [-0.1, -0.05) is 20.8 Å². The van der Waals surface area contributed by atoms with Gasteiger partial charge in [0.1, 0.15) is 6.54 Å². The first kappa shape index (κ1) is 17.2. The van der Waals surface area contributed by atoms with Crippen molar-refractivity contribution in [3.05, 3.63) is 10.6 Å². The van der Waals surface area contributed by atoms with Gasteiger partial charge in [-0.25, -0.2) is 4.98 Å². The Morgan fingerprint density at radius 1 is 1.35 bits per heavy atom. The molecule has 0 aromatic carbocycles. The van der Waals surface area contributed by atoms with Crippen molar-refractivity contribution in [2.75, 3.05) is 25.0 Å². The van der Waals surface area contributed by atoms with Gasteiger partial charge in [0.25, 0.3) is 0 Å². The number of hydrogen-bond acceptors (Lipinski definition) is 4. The Bertz CT molecular complexity index is 415. The maximum atomic E-state index is 12.4. The van der Waals surface area contributed by atoms with E-state index < -0.39 is 12.7 Å². The van der Waals surface area contributed by atoms with E-state index in [1.165, 1.54) is 18.4 Å². The van der Waals surface area contributed by atoms with Crippen molar-refractivity contribution in [2.24, 2.45) is 5.92 Å². The number of rotatable bonds is 7. The van der Waals surface area contributed by atoms with Crippen LogP contribution in [0.25, 0.3) is 0 Å². The molecule has 0 aliphatic carbocycles. The fourth-order valence-electron chi connectivity index (χ4n) is 1.76. The van der Waals surface area contributed by atoms with E-state index in [4.69, 9.17) is 0 Å². The van der Waals surface area contributed by atoms with Gasteiger partial charge in [0, 0.05) is 18.5 Å². The Kier molecular flexibility index (Phi) is 6.26. The molecule has 0 aliphatic rings. The predicted octanol–water partition coefficient (Wildman–Crippen LogP) is 3.45. The van der Waals surface area contributed by atoms with Crippen LogP contribution >= 0.6 is 11.3 Å². The molecule has 0 spiro atoms. The molecular weight excluding hydrogens is 287 g/mol. The maximum absolute atomic E-state index is 12.4. The van der Waals surface area contributed by atoms with Crippen LogP contribution in [0.3, 0.4) is 0 Å². The van der Waals surface area contributed by atoms with Crippen LogP contribution in [0, 0.1) is 5.92 Å². The third-order valence-electron chi connectivity index (χ3n) is 2.68. The number of hydrogen-bond donors (Lipinski definition) is 1. The van der Waals surface area contributed by atoms with Crippen molar-refractivity contribution in [3.8, 4) is 0 Å². The molecule has 116 valence electrons. The van der Waals surface area contributed by atoms with E-state index in [0.29, 0.717) is 17.6 Å². The molecule has 1 aromatic heterocycles. The molecule has 1 rings (SSSR count). The lowest BCUT2D eigenvalue weighted by molar-refractivity contribution is -0.119. The van der Waals surface area contributed by atoms with Crippen LogP contribution in [0.2, 0.25) is 0 Å². The summed E-state index contributed by atoms with van der Waals surface area (Å²) in [5.41, 5.74) is 0.885. The fourth-order valence-corrected chi connectivity index (χ4v) is 2.84. The average Bonchev–Trinajstić information content (AvgIpc) is 2.69. The number of halogens is 3. The summed E-state index contributed by atoms with van der Waals surface area (Å²) in [6.45, 7) is 6.77. The molecule has 0 atom stereocenters.